The summed E-state index contributed by atoms with van der Waals surface area (Å²) in [5, 5.41) is 20.0. The highest BCUT2D eigenvalue weighted by Crippen LogP contribution is 2.19. The van der Waals surface area contributed by atoms with E-state index in [0.29, 0.717) is 11.4 Å². The fraction of sp³-hybridized carbons (Fsp3) is 0.0667. The van der Waals surface area contributed by atoms with E-state index >= 15 is 0 Å². The largest absolute Gasteiger partial charge is 0.508 e. The molecule has 1 amide bonds. The second-order valence-corrected chi connectivity index (χ2v) is 4.09. The molecule has 106 valence electrons. The van der Waals surface area contributed by atoms with Crippen molar-refractivity contribution in [3.8, 4) is 17.6 Å². The van der Waals surface area contributed by atoms with Crippen molar-refractivity contribution >= 4 is 11.6 Å². The van der Waals surface area contributed by atoms with Gasteiger partial charge in [-0.15, -0.1) is 0 Å². The molecule has 0 bridgehead atoms. The standard InChI is InChI=1S/C15H11FN2O3/c16-14-9-11(19)3-6-13(14)15(20)18-10-1-4-12(5-2-10)21-8-7-17/h1-6,9,19H,8H2,(H,18,20). The first-order valence-corrected chi connectivity index (χ1v) is 6.00. The van der Waals surface area contributed by atoms with E-state index in [1.54, 1.807) is 24.3 Å². The summed E-state index contributed by atoms with van der Waals surface area (Å²) in [6.45, 7) is -0.0651. The van der Waals surface area contributed by atoms with Crippen LogP contribution in [0.5, 0.6) is 11.5 Å². The maximum absolute atomic E-state index is 13.5. The van der Waals surface area contributed by atoms with Gasteiger partial charge in [-0.3, -0.25) is 4.79 Å². The SMILES string of the molecule is N#CCOc1ccc(NC(=O)c2ccc(O)cc2F)cc1. The predicted molar refractivity (Wildman–Crippen MR) is 73.6 cm³/mol. The number of nitriles is 1. The number of phenolic OH excluding ortho intramolecular Hbond substituents is 1. The Hall–Kier alpha value is -3.07. The summed E-state index contributed by atoms with van der Waals surface area (Å²) < 4.78 is 18.6. The van der Waals surface area contributed by atoms with Crippen LogP contribution in [0.2, 0.25) is 0 Å². The van der Waals surface area contributed by atoms with Gasteiger partial charge in [0.15, 0.2) is 6.61 Å². The molecule has 0 spiro atoms. The minimum absolute atomic E-state index is 0.0651. The van der Waals surface area contributed by atoms with Crippen molar-refractivity contribution in [2.45, 2.75) is 0 Å². The van der Waals surface area contributed by atoms with Gasteiger partial charge in [-0.2, -0.15) is 5.26 Å². The van der Waals surface area contributed by atoms with Gasteiger partial charge in [0.25, 0.3) is 5.91 Å². The normalized spacial score (nSPS) is 9.71. The Balaban J connectivity index is 2.07. The van der Waals surface area contributed by atoms with Crippen LogP contribution in [0.15, 0.2) is 42.5 Å². The van der Waals surface area contributed by atoms with Gasteiger partial charge in [-0.25, -0.2) is 4.39 Å². The van der Waals surface area contributed by atoms with Crippen molar-refractivity contribution < 1.29 is 19.0 Å². The zero-order valence-corrected chi connectivity index (χ0v) is 10.8. The molecule has 2 N–H and O–H groups in total. The van der Waals surface area contributed by atoms with Gasteiger partial charge in [-0.05, 0) is 36.4 Å². The summed E-state index contributed by atoms with van der Waals surface area (Å²) in [6.07, 6.45) is 0. The van der Waals surface area contributed by atoms with E-state index in [2.05, 4.69) is 5.32 Å². The number of carbonyl (C=O) groups excluding carboxylic acids is 1. The van der Waals surface area contributed by atoms with E-state index in [9.17, 15) is 9.18 Å². The predicted octanol–water partition coefficient (Wildman–Crippen LogP) is 2.69. The first kappa shape index (κ1) is 14.3. The van der Waals surface area contributed by atoms with Crippen molar-refractivity contribution in [3.05, 3.63) is 53.8 Å². The number of nitrogens with zero attached hydrogens (tertiary/aromatic N) is 1. The molecule has 0 aliphatic rings. The van der Waals surface area contributed by atoms with E-state index in [1.165, 1.54) is 12.1 Å². The number of hydrogen-bond donors (Lipinski definition) is 2. The third-order valence-corrected chi connectivity index (χ3v) is 2.61. The molecule has 2 rings (SSSR count). The van der Waals surface area contributed by atoms with Crippen molar-refractivity contribution in [2.75, 3.05) is 11.9 Å². The fourth-order valence-corrected chi connectivity index (χ4v) is 1.64. The van der Waals surface area contributed by atoms with Gasteiger partial charge in [-0.1, -0.05) is 0 Å². The van der Waals surface area contributed by atoms with Crippen LogP contribution in [0, 0.1) is 17.1 Å². The number of anilines is 1. The van der Waals surface area contributed by atoms with E-state index in [1.807, 2.05) is 6.07 Å². The lowest BCUT2D eigenvalue weighted by Gasteiger charge is -2.07. The van der Waals surface area contributed by atoms with Crippen LogP contribution in [-0.4, -0.2) is 17.6 Å². The highest BCUT2D eigenvalue weighted by Gasteiger charge is 2.12. The summed E-state index contributed by atoms with van der Waals surface area (Å²) >= 11 is 0. The third-order valence-electron chi connectivity index (χ3n) is 2.61. The topological polar surface area (TPSA) is 82.3 Å². The molecule has 0 atom stereocenters. The van der Waals surface area contributed by atoms with E-state index in [4.69, 9.17) is 15.1 Å². The van der Waals surface area contributed by atoms with Crippen LogP contribution < -0.4 is 10.1 Å². The summed E-state index contributed by atoms with van der Waals surface area (Å²) in [7, 11) is 0. The minimum Gasteiger partial charge on any atom is -0.508 e. The quantitative estimate of drug-likeness (QED) is 0.905. The fourth-order valence-electron chi connectivity index (χ4n) is 1.64. The number of carbonyl (C=O) groups is 1. The molecule has 0 fully saturated rings. The van der Waals surface area contributed by atoms with Crippen molar-refractivity contribution in [2.24, 2.45) is 0 Å². The molecule has 21 heavy (non-hydrogen) atoms. The zero-order chi connectivity index (χ0) is 15.2. The Labute approximate surface area is 120 Å². The third kappa shape index (κ3) is 3.70. The first-order chi connectivity index (χ1) is 10.1. The van der Waals surface area contributed by atoms with Gasteiger partial charge in [0.05, 0.1) is 5.56 Å². The molecular weight excluding hydrogens is 275 g/mol. The lowest BCUT2D eigenvalue weighted by atomic mass is 10.2. The van der Waals surface area contributed by atoms with Gasteiger partial charge >= 0.3 is 0 Å². The second kappa shape index (κ2) is 6.39. The number of hydrogen-bond acceptors (Lipinski definition) is 4. The second-order valence-electron chi connectivity index (χ2n) is 4.09. The molecule has 0 aliphatic heterocycles. The summed E-state index contributed by atoms with van der Waals surface area (Å²) in [5.41, 5.74) is 0.286. The van der Waals surface area contributed by atoms with Crippen molar-refractivity contribution in [1.82, 2.24) is 0 Å². The smallest absolute Gasteiger partial charge is 0.258 e. The summed E-state index contributed by atoms with van der Waals surface area (Å²) in [4.78, 5) is 11.9. The monoisotopic (exact) mass is 286 g/mol. The zero-order valence-electron chi connectivity index (χ0n) is 10.8. The highest BCUT2D eigenvalue weighted by atomic mass is 19.1. The Kier molecular flexibility index (Phi) is 4.36. The average Bonchev–Trinajstić information content (AvgIpc) is 2.46. The maximum atomic E-state index is 13.5. The molecular formula is C15H11FN2O3. The Morgan fingerprint density at radius 1 is 1.29 bits per heavy atom. The van der Waals surface area contributed by atoms with Gasteiger partial charge < -0.3 is 15.2 Å². The van der Waals surface area contributed by atoms with Crippen molar-refractivity contribution in [1.29, 1.82) is 5.26 Å². The van der Waals surface area contributed by atoms with E-state index in [-0.39, 0.29) is 17.9 Å². The lowest BCUT2D eigenvalue weighted by molar-refractivity contribution is 0.102. The highest BCUT2D eigenvalue weighted by molar-refractivity contribution is 6.04. The lowest BCUT2D eigenvalue weighted by Crippen LogP contribution is -2.13. The van der Waals surface area contributed by atoms with Gasteiger partial charge in [0.1, 0.15) is 23.4 Å². The molecule has 0 saturated carbocycles. The number of halogens is 1. The molecule has 0 aliphatic carbocycles. The van der Waals surface area contributed by atoms with E-state index < -0.39 is 11.7 Å². The molecule has 0 unspecified atom stereocenters. The van der Waals surface area contributed by atoms with Gasteiger partial charge in [0, 0.05) is 11.8 Å². The molecule has 0 heterocycles. The van der Waals surface area contributed by atoms with Crippen LogP contribution >= 0.6 is 0 Å². The van der Waals surface area contributed by atoms with Crippen LogP contribution in [-0.2, 0) is 0 Å². The number of benzene rings is 2. The average molecular weight is 286 g/mol. The van der Waals surface area contributed by atoms with Crippen molar-refractivity contribution in [3.63, 3.8) is 0 Å². The Morgan fingerprint density at radius 3 is 2.62 bits per heavy atom. The number of aromatic hydroxyl groups is 1. The summed E-state index contributed by atoms with van der Waals surface area (Å²) in [6, 6.07) is 11.5. The molecule has 6 heteroatoms. The van der Waals surface area contributed by atoms with Gasteiger partial charge in [0.2, 0.25) is 0 Å². The number of phenols is 1. The number of rotatable bonds is 4. The minimum atomic E-state index is -0.804. The summed E-state index contributed by atoms with van der Waals surface area (Å²) in [5.74, 6) is -1.19. The molecule has 0 saturated heterocycles. The molecule has 2 aromatic rings. The van der Waals surface area contributed by atoms with Crippen LogP contribution in [0.4, 0.5) is 10.1 Å². The van der Waals surface area contributed by atoms with E-state index in [0.717, 1.165) is 6.07 Å². The first-order valence-electron chi connectivity index (χ1n) is 6.00. The number of nitrogens with one attached hydrogen (secondary N) is 1. The molecule has 5 nitrogen and oxygen atoms in total. The molecule has 2 aromatic carbocycles. The number of amides is 1. The molecule has 0 radical (unpaired) electrons. The Bertz CT molecular complexity index is 693. The van der Waals surface area contributed by atoms with Crippen LogP contribution in [0.25, 0.3) is 0 Å². The van der Waals surface area contributed by atoms with Crippen LogP contribution in [0.3, 0.4) is 0 Å². The maximum Gasteiger partial charge on any atom is 0.258 e. The molecule has 0 aromatic heterocycles. The Morgan fingerprint density at radius 2 is 2.00 bits per heavy atom. The number of ether oxygens (including phenoxy) is 1. The van der Waals surface area contributed by atoms with Crippen LogP contribution in [0.1, 0.15) is 10.4 Å².